The van der Waals surface area contributed by atoms with Gasteiger partial charge in [0, 0.05) is 15.8 Å². The average Bonchev–Trinajstić information content (AvgIpc) is 3.29. The van der Waals surface area contributed by atoms with E-state index >= 15 is 0 Å². The van der Waals surface area contributed by atoms with E-state index in [0.717, 1.165) is 51.9 Å². The molecule has 1 amide bonds. The van der Waals surface area contributed by atoms with Crippen LogP contribution in [0.1, 0.15) is 65.3 Å². The van der Waals surface area contributed by atoms with Crippen LogP contribution < -0.4 is 10.1 Å². The molecule has 1 aliphatic carbocycles. The summed E-state index contributed by atoms with van der Waals surface area (Å²) in [5, 5.41) is 4.38. The number of ether oxygens (including phenoxy) is 2. The van der Waals surface area contributed by atoms with Crippen LogP contribution in [0.25, 0.3) is 22.2 Å². The molecule has 1 aliphatic rings. The van der Waals surface area contributed by atoms with Crippen molar-refractivity contribution in [1.82, 2.24) is 4.98 Å². The molecule has 0 aliphatic heterocycles. The van der Waals surface area contributed by atoms with E-state index in [9.17, 15) is 9.59 Å². The maximum absolute atomic E-state index is 13.8. The maximum atomic E-state index is 13.8. The van der Waals surface area contributed by atoms with Crippen molar-refractivity contribution in [3.8, 4) is 17.0 Å². The Bertz CT molecular complexity index is 1530. The second kappa shape index (κ2) is 10.8. The van der Waals surface area contributed by atoms with Crippen LogP contribution in [-0.2, 0) is 17.6 Å². The number of hydrogen-bond acceptors (Lipinski definition) is 6. The summed E-state index contributed by atoms with van der Waals surface area (Å²) in [5.74, 6) is 0.604. The molecule has 4 aromatic rings. The average molecular weight is 543 g/mol. The maximum Gasteiger partial charge on any atom is 0.341 e. The van der Waals surface area contributed by atoms with E-state index in [2.05, 4.69) is 26.1 Å². The quantitative estimate of drug-likeness (QED) is 0.255. The summed E-state index contributed by atoms with van der Waals surface area (Å²) in [6.07, 6.45) is 2.70. The standard InChI is InChI=1S/C32H34N2O4S/c1-6-38-21-14-11-19(12-15-21)26-18-24(22-9-7-8-10-25(22)33-26)29(35)34-30-28(31(36)37-5)23-16-13-20(32(2,3)4)17-27(23)39-30/h7-12,14-15,18,20H,6,13,16-17H2,1-5H3,(H,34,35)/t20-/m0/s1. The summed E-state index contributed by atoms with van der Waals surface area (Å²) in [7, 11) is 1.39. The summed E-state index contributed by atoms with van der Waals surface area (Å²) in [6.45, 7) is 9.32. The van der Waals surface area contributed by atoms with Crippen molar-refractivity contribution in [2.75, 3.05) is 19.0 Å². The first-order valence-electron chi connectivity index (χ1n) is 13.4. The predicted octanol–water partition coefficient (Wildman–Crippen LogP) is 7.55. The van der Waals surface area contributed by atoms with Crippen molar-refractivity contribution < 1.29 is 19.1 Å². The van der Waals surface area contributed by atoms with Crippen molar-refractivity contribution in [1.29, 1.82) is 0 Å². The fraction of sp³-hybridized carbons (Fsp3) is 0.344. The Hall–Kier alpha value is -3.71. The monoisotopic (exact) mass is 542 g/mol. The number of carbonyl (C=O) groups is 2. The number of esters is 1. The van der Waals surface area contributed by atoms with Crippen LogP contribution in [0.4, 0.5) is 5.00 Å². The van der Waals surface area contributed by atoms with Gasteiger partial charge in [-0.1, -0.05) is 39.0 Å². The van der Waals surface area contributed by atoms with Gasteiger partial charge in [0.15, 0.2) is 0 Å². The molecule has 0 spiro atoms. The van der Waals surface area contributed by atoms with Gasteiger partial charge in [-0.05, 0) is 79.5 Å². The number of rotatable bonds is 6. The first kappa shape index (κ1) is 26.9. The minimum atomic E-state index is -0.410. The number of hydrogen-bond donors (Lipinski definition) is 1. The molecule has 0 saturated carbocycles. The van der Waals surface area contributed by atoms with Crippen molar-refractivity contribution in [2.24, 2.45) is 11.3 Å². The molecule has 202 valence electrons. The summed E-state index contributed by atoms with van der Waals surface area (Å²) in [4.78, 5) is 32.7. The number of aromatic nitrogens is 1. The van der Waals surface area contributed by atoms with Crippen LogP contribution >= 0.6 is 11.3 Å². The van der Waals surface area contributed by atoms with E-state index in [0.29, 0.717) is 34.3 Å². The van der Waals surface area contributed by atoms with E-state index in [4.69, 9.17) is 14.5 Å². The Labute approximate surface area is 233 Å². The first-order chi connectivity index (χ1) is 18.7. The van der Waals surface area contributed by atoms with E-state index in [1.165, 1.54) is 18.4 Å². The molecule has 0 unspecified atom stereocenters. The number of fused-ring (bicyclic) bond motifs is 2. The minimum absolute atomic E-state index is 0.170. The minimum Gasteiger partial charge on any atom is -0.494 e. The molecule has 5 rings (SSSR count). The molecular formula is C32H34N2O4S. The lowest BCUT2D eigenvalue weighted by atomic mass is 9.72. The zero-order valence-corrected chi connectivity index (χ0v) is 23.9. The van der Waals surface area contributed by atoms with Gasteiger partial charge in [0.2, 0.25) is 0 Å². The van der Waals surface area contributed by atoms with E-state index in [1.54, 1.807) is 0 Å². The smallest absolute Gasteiger partial charge is 0.341 e. The number of nitrogens with one attached hydrogen (secondary N) is 1. The highest BCUT2D eigenvalue weighted by atomic mass is 32.1. The first-order valence-corrected chi connectivity index (χ1v) is 14.2. The number of pyridine rings is 1. The lowest BCUT2D eigenvalue weighted by Gasteiger charge is -2.33. The Morgan fingerprint density at radius 2 is 1.85 bits per heavy atom. The van der Waals surface area contributed by atoms with Gasteiger partial charge in [-0.3, -0.25) is 4.79 Å². The Morgan fingerprint density at radius 1 is 1.10 bits per heavy atom. The second-order valence-electron chi connectivity index (χ2n) is 11.0. The van der Waals surface area contributed by atoms with Gasteiger partial charge in [-0.25, -0.2) is 9.78 Å². The summed E-state index contributed by atoms with van der Waals surface area (Å²) < 4.78 is 10.7. The number of nitrogens with zero attached hydrogens (tertiary/aromatic N) is 1. The number of anilines is 1. The molecule has 0 saturated heterocycles. The lowest BCUT2D eigenvalue weighted by Crippen LogP contribution is -2.26. The van der Waals surface area contributed by atoms with Crippen molar-refractivity contribution in [3.05, 3.63) is 76.2 Å². The molecule has 1 atom stereocenters. The van der Waals surface area contributed by atoms with Crippen LogP contribution in [0.3, 0.4) is 0 Å². The highest BCUT2D eigenvalue weighted by Gasteiger charge is 2.34. The number of thiophene rings is 1. The van der Waals surface area contributed by atoms with Gasteiger partial charge < -0.3 is 14.8 Å². The summed E-state index contributed by atoms with van der Waals surface area (Å²) >= 11 is 1.50. The third-order valence-electron chi connectivity index (χ3n) is 7.53. The summed E-state index contributed by atoms with van der Waals surface area (Å²) in [5.41, 5.74) is 4.46. The van der Waals surface area contributed by atoms with Gasteiger partial charge >= 0.3 is 5.97 Å². The number of amides is 1. The number of methoxy groups -OCH3 is 1. The van der Waals surface area contributed by atoms with E-state index in [-0.39, 0.29) is 11.3 Å². The lowest BCUT2D eigenvalue weighted by molar-refractivity contribution is 0.0600. The third-order valence-corrected chi connectivity index (χ3v) is 8.70. The van der Waals surface area contributed by atoms with Crippen LogP contribution in [0, 0.1) is 11.3 Å². The Kier molecular flexibility index (Phi) is 7.45. The largest absolute Gasteiger partial charge is 0.494 e. The van der Waals surface area contributed by atoms with Gasteiger partial charge in [0.25, 0.3) is 5.91 Å². The topological polar surface area (TPSA) is 77.5 Å². The molecule has 1 N–H and O–H groups in total. The fourth-order valence-electron chi connectivity index (χ4n) is 5.30. The number of para-hydroxylation sites is 1. The zero-order chi connectivity index (χ0) is 27.7. The molecule has 0 radical (unpaired) electrons. The zero-order valence-electron chi connectivity index (χ0n) is 23.1. The molecule has 0 fully saturated rings. The molecule has 39 heavy (non-hydrogen) atoms. The number of carbonyl (C=O) groups excluding carboxylic acids is 2. The predicted molar refractivity (Wildman–Crippen MR) is 157 cm³/mol. The SMILES string of the molecule is CCOc1ccc(-c2cc(C(=O)Nc3sc4c(c3C(=O)OC)CC[C@H](C(C)(C)C)C4)c3ccccc3n2)cc1. The molecule has 0 bridgehead atoms. The van der Waals surface area contributed by atoms with Crippen molar-refractivity contribution in [3.63, 3.8) is 0 Å². The van der Waals surface area contributed by atoms with Crippen LogP contribution in [0.15, 0.2) is 54.6 Å². The van der Waals surface area contributed by atoms with Crippen molar-refractivity contribution >= 4 is 39.1 Å². The Balaban J connectivity index is 1.53. The van der Waals surface area contributed by atoms with Crippen molar-refractivity contribution in [2.45, 2.75) is 47.0 Å². The van der Waals surface area contributed by atoms with E-state index < -0.39 is 5.97 Å². The molecule has 2 aromatic carbocycles. The summed E-state index contributed by atoms with van der Waals surface area (Å²) in [6, 6.07) is 17.1. The normalized spacial score (nSPS) is 15.1. The molecule has 7 heteroatoms. The highest BCUT2D eigenvalue weighted by Crippen LogP contribution is 2.44. The van der Waals surface area contributed by atoms with Crippen LogP contribution in [0.2, 0.25) is 0 Å². The van der Waals surface area contributed by atoms with Crippen LogP contribution in [-0.4, -0.2) is 30.6 Å². The van der Waals surface area contributed by atoms with Gasteiger partial charge in [-0.15, -0.1) is 11.3 Å². The van der Waals surface area contributed by atoms with Gasteiger partial charge in [0.1, 0.15) is 10.8 Å². The highest BCUT2D eigenvalue weighted by molar-refractivity contribution is 7.17. The van der Waals surface area contributed by atoms with Gasteiger partial charge in [-0.2, -0.15) is 0 Å². The molecule has 6 nitrogen and oxygen atoms in total. The van der Waals surface area contributed by atoms with E-state index in [1.807, 2.05) is 61.5 Å². The van der Waals surface area contributed by atoms with Gasteiger partial charge in [0.05, 0.1) is 36.1 Å². The fourth-order valence-corrected chi connectivity index (χ4v) is 6.61. The molecule has 2 heterocycles. The Morgan fingerprint density at radius 3 is 2.54 bits per heavy atom. The van der Waals surface area contributed by atoms with Crippen LogP contribution in [0.5, 0.6) is 5.75 Å². The second-order valence-corrected chi connectivity index (χ2v) is 12.1. The third kappa shape index (κ3) is 5.41. The molecule has 2 aromatic heterocycles. The molecular weight excluding hydrogens is 508 g/mol. The number of benzene rings is 2.